The molecule has 3 nitrogen and oxygen atoms in total. The number of hydrogen-bond donors (Lipinski definition) is 2. The largest absolute Gasteiger partial charge is 0.361 e. The third-order valence-electron chi connectivity index (χ3n) is 6.44. The lowest BCUT2D eigenvalue weighted by Gasteiger charge is -2.38. The summed E-state index contributed by atoms with van der Waals surface area (Å²) in [6.07, 6.45) is 5.34. The molecule has 2 aromatic heterocycles. The summed E-state index contributed by atoms with van der Waals surface area (Å²) in [5.41, 5.74) is 13.3. The summed E-state index contributed by atoms with van der Waals surface area (Å²) in [5, 5.41) is 2.24. The van der Waals surface area contributed by atoms with Crippen LogP contribution in [0.1, 0.15) is 24.8 Å². The Labute approximate surface area is 185 Å². The van der Waals surface area contributed by atoms with Gasteiger partial charge in [-0.25, -0.2) is 4.98 Å². The van der Waals surface area contributed by atoms with Crippen LogP contribution in [0.5, 0.6) is 0 Å². The van der Waals surface area contributed by atoms with Gasteiger partial charge in [0.05, 0.1) is 10.6 Å². The van der Waals surface area contributed by atoms with Crippen molar-refractivity contribution in [1.29, 1.82) is 0 Å². The van der Waals surface area contributed by atoms with Crippen LogP contribution in [-0.2, 0) is 5.54 Å². The first kappa shape index (κ1) is 18.6. The Morgan fingerprint density at radius 3 is 2.35 bits per heavy atom. The molecule has 0 spiro atoms. The van der Waals surface area contributed by atoms with E-state index in [0.717, 1.165) is 40.2 Å². The molecule has 1 saturated carbocycles. The van der Waals surface area contributed by atoms with Gasteiger partial charge in [0.1, 0.15) is 5.01 Å². The van der Waals surface area contributed by atoms with Crippen LogP contribution in [0.25, 0.3) is 43.2 Å². The normalized spacial score (nSPS) is 15.1. The van der Waals surface area contributed by atoms with Crippen molar-refractivity contribution in [3.63, 3.8) is 0 Å². The fourth-order valence-corrected chi connectivity index (χ4v) is 5.51. The molecular weight excluding hydrogens is 398 g/mol. The summed E-state index contributed by atoms with van der Waals surface area (Å²) in [4.78, 5) is 9.59. The number of nitrogens with one attached hydrogen (secondary N) is 1. The zero-order chi connectivity index (χ0) is 20.8. The zero-order valence-corrected chi connectivity index (χ0v) is 18.0. The Morgan fingerprint density at radius 2 is 1.61 bits per heavy atom. The second kappa shape index (κ2) is 7.19. The number of aromatic amines is 1. The van der Waals surface area contributed by atoms with Crippen LogP contribution in [-0.4, -0.2) is 9.97 Å². The molecule has 4 heteroatoms. The first-order valence-corrected chi connectivity index (χ1v) is 11.5. The van der Waals surface area contributed by atoms with Crippen molar-refractivity contribution in [2.45, 2.75) is 24.8 Å². The highest BCUT2D eigenvalue weighted by molar-refractivity contribution is 7.19. The van der Waals surface area contributed by atoms with E-state index in [4.69, 9.17) is 10.7 Å². The number of fused-ring (bicyclic) bond motifs is 1. The average molecular weight is 422 g/mol. The van der Waals surface area contributed by atoms with Gasteiger partial charge in [0.15, 0.2) is 0 Å². The molecule has 31 heavy (non-hydrogen) atoms. The lowest BCUT2D eigenvalue weighted by Crippen LogP contribution is -2.43. The summed E-state index contributed by atoms with van der Waals surface area (Å²) in [7, 11) is 0. The second-order valence-corrected chi connectivity index (χ2v) is 9.43. The van der Waals surface area contributed by atoms with Gasteiger partial charge in [-0.1, -0.05) is 54.6 Å². The molecule has 0 amide bonds. The molecule has 2 heterocycles. The molecule has 1 aliphatic carbocycles. The van der Waals surface area contributed by atoms with Gasteiger partial charge in [0.2, 0.25) is 0 Å². The maximum atomic E-state index is 6.53. The highest BCUT2D eigenvalue weighted by atomic mass is 32.1. The van der Waals surface area contributed by atoms with Gasteiger partial charge in [-0.2, -0.15) is 0 Å². The predicted molar refractivity (Wildman–Crippen MR) is 130 cm³/mol. The van der Waals surface area contributed by atoms with Gasteiger partial charge in [0.25, 0.3) is 0 Å². The van der Waals surface area contributed by atoms with Crippen LogP contribution in [0, 0.1) is 0 Å². The van der Waals surface area contributed by atoms with Crippen LogP contribution >= 0.6 is 11.3 Å². The molecular formula is C27H23N3S. The number of benzene rings is 3. The number of aromatic nitrogens is 2. The van der Waals surface area contributed by atoms with Crippen LogP contribution in [0.4, 0.5) is 0 Å². The average Bonchev–Trinajstić information content (AvgIpc) is 3.45. The van der Waals surface area contributed by atoms with E-state index in [-0.39, 0.29) is 5.54 Å². The van der Waals surface area contributed by atoms with E-state index in [1.807, 2.05) is 6.20 Å². The van der Waals surface area contributed by atoms with Crippen LogP contribution in [0.2, 0.25) is 0 Å². The minimum atomic E-state index is -0.139. The van der Waals surface area contributed by atoms with E-state index in [1.54, 1.807) is 11.3 Å². The minimum absolute atomic E-state index is 0.139. The van der Waals surface area contributed by atoms with Gasteiger partial charge in [-0.3, -0.25) is 0 Å². The number of H-pyrrole nitrogens is 1. The fourth-order valence-electron chi connectivity index (χ4n) is 4.42. The van der Waals surface area contributed by atoms with E-state index in [0.29, 0.717) is 0 Å². The van der Waals surface area contributed by atoms with Crippen molar-refractivity contribution in [3.8, 4) is 32.3 Å². The maximum Gasteiger partial charge on any atom is 0.124 e. The van der Waals surface area contributed by atoms with Crippen molar-refractivity contribution in [2.24, 2.45) is 5.73 Å². The Morgan fingerprint density at radius 1 is 0.839 bits per heavy atom. The first-order chi connectivity index (χ1) is 15.2. The Hall–Kier alpha value is -3.21. The topological polar surface area (TPSA) is 54.7 Å². The summed E-state index contributed by atoms with van der Waals surface area (Å²) in [5.74, 6) is 0. The standard InChI is InChI=1S/C27H23N3S/c28-27(14-4-15-27)22-10-7-18(8-11-22)24-25(19-5-2-1-3-6-19)31-26(30-24)21-9-12-23-20(17-21)13-16-29-23/h1-3,5-13,16-17,29H,4,14-15,28H2. The Bertz CT molecular complexity index is 1360. The molecule has 3 aromatic carbocycles. The molecule has 0 saturated heterocycles. The van der Waals surface area contributed by atoms with Crippen LogP contribution in [0.3, 0.4) is 0 Å². The lowest BCUT2D eigenvalue weighted by molar-refractivity contribution is 0.253. The van der Waals surface area contributed by atoms with Crippen molar-refractivity contribution in [3.05, 3.63) is 90.6 Å². The molecule has 0 bridgehead atoms. The summed E-state index contributed by atoms with van der Waals surface area (Å²) in [6, 6.07) is 27.9. The van der Waals surface area contributed by atoms with Gasteiger partial charge in [0, 0.05) is 33.8 Å². The van der Waals surface area contributed by atoms with Crippen molar-refractivity contribution in [2.75, 3.05) is 0 Å². The minimum Gasteiger partial charge on any atom is -0.361 e. The fraction of sp³-hybridized carbons (Fsp3) is 0.148. The Kier molecular flexibility index (Phi) is 4.30. The van der Waals surface area contributed by atoms with E-state index in [9.17, 15) is 0 Å². The SMILES string of the molecule is NC1(c2ccc(-c3nc(-c4ccc5[nH]ccc5c4)sc3-c3ccccc3)cc2)CCC1. The highest BCUT2D eigenvalue weighted by Gasteiger charge is 2.34. The number of nitrogens with zero attached hydrogens (tertiary/aromatic N) is 1. The molecule has 0 atom stereocenters. The highest BCUT2D eigenvalue weighted by Crippen LogP contribution is 2.43. The molecule has 0 unspecified atom stereocenters. The molecule has 152 valence electrons. The number of nitrogens with two attached hydrogens (primary N) is 1. The predicted octanol–water partition coefficient (Wildman–Crippen LogP) is 6.96. The molecule has 5 aromatic rings. The smallest absolute Gasteiger partial charge is 0.124 e. The quantitative estimate of drug-likeness (QED) is 0.329. The van der Waals surface area contributed by atoms with Crippen LogP contribution < -0.4 is 5.73 Å². The number of hydrogen-bond acceptors (Lipinski definition) is 3. The van der Waals surface area contributed by atoms with Crippen molar-refractivity contribution < 1.29 is 0 Å². The lowest BCUT2D eigenvalue weighted by atomic mass is 9.72. The number of rotatable bonds is 4. The van der Waals surface area contributed by atoms with Crippen LogP contribution in [0.15, 0.2) is 85.1 Å². The Balaban J connectivity index is 1.47. The third-order valence-corrected chi connectivity index (χ3v) is 7.60. The third kappa shape index (κ3) is 3.19. The van der Waals surface area contributed by atoms with E-state index < -0.39 is 0 Å². The first-order valence-electron chi connectivity index (χ1n) is 10.7. The number of thiazole rings is 1. The monoisotopic (exact) mass is 421 g/mol. The molecule has 1 fully saturated rings. The summed E-state index contributed by atoms with van der Waals surface area (Å²) in [6.45, 7) is 0. The molecule has 3 N–H and O–H groups in total. The second-order valence-electron chi connectivity index (χ2n) is 8.43. The zero-order valence-electron chi connectivity index (χ0n) is 17.1. The molecule has 0 radical (unpaired) electrons. The van der Waals surface area contributed by atoms with Crippen molar-refractivity contribution in [1.82, 2.24) is 9.97 Å². The van der Waals surface area contributed by atoms with E-state index in [1.165, 1.54) is 27.8 Å². The summed E-state index contributed by atoms with van der Waals surface area (Å²) >= 11 is 1.75. The van der Waals surface area contributed by atoms with Gasteiger partial charge in [-0.15, -0.1) is 11.3 Å². The van der Waals surface area contributed by atoms with Gasteiger partial charge >= 0.3 is 0 Å². The van der Waals surface area contributed by atoms with Gasteiger partial charge < -0.3 is 10.7 Å². The molecule has 6 rings (SSSR count). The molecule has 1 aliphatic rings. The van der Waals surface area contributed by atoms with E-state index >= 15 is 0 Å². The van der Waals surface area contributed by atoms with Crippen molar-refractivity contribution >= 4 is 22.2 Å². The maximum absolute atomic E-state index is 6.53. The summed E-state index contributed by atoms with van der Waals surface area (Å²) < 4.78 is 0. The van der Waals surface area contributed by atoms with Gasteiger partial charge in [-0.05, 0) is 54.7 Å². The van der Waals surface area contributed by atoms with E-state index in [2.05, 4.69) is 83.8 Å². The molecule has 0 aliphatic heterocycles.